The molecule has 10 nitrogen and oxygen atoms in total. The molecule has 0 saturated carbocycles. The van der Waals surface area contributed by atoms with Gasteiger partial charge < -0.3 is 34.4 Å². The summed E-state index contributed by atoms with van der Waals surface area (Å²) < 4.78 is 17.0. The number of carboxylic acid groups (broad SMARTS) is 1. The molecule has 5 atom stereocenters. The van der Waals surface area contributed by atoms with E-state index in [1.807, 2.05) is 19.2 Å². The number of piperidine rings is 1. The van der Waals surface area contributed by atoms with Crippen LogP contribution in [-0.2, 0) is 42.3 Å². The van der Waals surface area contributed by atoms with E-state index in [2.05, 4.69) is 4.90 Å². The highest BCUT2D eigenvalue weighted by Gasteiger charge is 2.71. The fourth-order valence-corrected chi connectivity index (χ4v) is 6.54. The third-order valence-corrected chi connectivity index (χ3v) is 8.31. The number of hydrogen-bond acceptors (Lipinski definition) is 9. The first-order chi connectivity index (χ1) is 17.2. The Balaban J connectivity index is 1.39. The zero-order chi connectivity index (χ0) is 25.8. The lowest BCUT2D eigenvalue weighted by atomic mass is 9.50. The van der Waals surface area contributed by atoms with Crippen LogP contribution in [0, 0.1) is 0 Å². The van der Waals surface area contributed by atoms with Crippen molar-refractivity contribution in [2.24, 2.45) is 0 Å². The Kier molecular flexibility index (Phi) is 6.09. The average molecular weight is 502 g/mol. The second kappa shape index (κ2) is 8.86. The molecule has 10 heteroatoms. The lowest BCUT2D eigenvalue weighted by molar-refractivity contribution is -0.170. The molecule has 4 aliphatic rings. The number of carboxylic acids is 1. The van der Waals surface area contributed by atoms with Gasteiger partial charge in [0, 0.05) is 23.6 Å². The third-order valence-electron chi connectivity index (χ3n) is 8.31. The van der Waals surface area contributed by atoms with E-state index in [0.29, 0.717) is 24.2 Å². The molecule has 2 aliphatic heterocycles. The van der Waals surface area contributed by atoms with Crippen LogP contribution in [0.3, 0.4) is 0 Å². The zero-order valence-electron chi connectivity index (χ0n) is 20.4. The van der Waals surface area contributed by atoms with Gasteiger partial charge in [0.25, 0.3) is 0 Å². The Morgan fingerprint density at radius 3 is 2.69 bits per heavy atom. The predicted molar refractivity (Wildman–Crippen MR) is 124 cm³/mol. The van der Waals surface area contributed by atoms with Crippen molar-refractivity contribution in [3.8, 4) is 5.75 Å². The Hall–Kier alpha value is -2.95. The van der Waals surface area contributed by atoms with Crippen LogP contribution >= 0.6 is 0 Å². The minimum Gasteiger partial charge on any atom is -0.481 e. The van der Waals surface area contributed by atoms with Gasteiger partial charge in [-0.25, -0.2) is 4.79 Å². The van der Waals surface area contributed by atoms with Crippen LogP contribution in [0.4, 0.5) is 0 Å². The molecule has 2 heterocycles. The van der Waals surface area contributed by atoms with Crippen LogP contribution in [0.25, 0.3) is 0 Å². The molecule has 194 valence electrons. The molecule has 0 aromatic heterocycles. The van der Waals surface area contributed by atoms with Crippen molar-refractivity contribution in [3.05, 3.63) is 40.7 Å². The molecule has 1 aromatic rings. The molecule has 0 radical (unpaired) electrons. The molecule has 1 aromatic carbocycles. The van der Waals surface area contributed by atoms with Gasteiger partial charge in [-0.3, -0.25) is 9.59 Å². The number of aliphatic carboxylic acids is 1. The molecule has 1 saturated heterocycles. The summed E-state index contributed by atoms with van der Waals surface area (Å²) in [7, 11) is 2.00. The molecule has 2 aliphatic carbocycles. The van der Waals surface area contributed by atoms with Crippen molar-refractivity contribution < 1.29 is 43.9 Å². The maximum Gasteiger partial charge on any atom is 0.345 e. The number of hydrogen-bond donors (Lipinski definition) is 3. The molecular weight excluding hydrogens is 470 g/mol. The number of rotatable bonds is 8. The second-order valence-electron chi connectivity index (χ2n) is 10.1. The minimum absolute atomic E-state index is 0.122. The van der Waals surface area contributed by atoms with Gasteiger partial charge in [0.2, 0.25) is 0 Å². The van der Waals surface area contributed by atoms with Crippen LogP contribution in [0.15, 0.2) is 24.0 Å². The van der Waals surface area contributed by atoms with Crippen LogP contribution in [0.1, 0.15) is 55.7 Å². The molecule has 0 amide bonds. The summed E-state index contributed by atoms with van der Waals surface area (Å²) in [5.41, 5.74) is 0.621. The van der Waals surface area contributed by atoms with Crippen molar-refractivity contribution >= 4 is 17.9 Å². The Labute approximate surface area is 208 Å². The van der Waals surface area contributed by atoms with Crippen LogP contribution in [0.5, 0.6) is 5.75 Å². The summed E-state index contributed by atoms with van der Waals surface area (Å²) >= 11 is 0. The lowest BCUT2D eigenvalue weighted by Crippen LogP contribution is -2.74. The van der Waals surface area contributed by atoms with Crippen LogP contribution in [-0.4, -0.2) is 75.6 Å². The number of carbonyl (C=O) groups is 3. The minimum atomic E-state index is -1.25. The molecule has 3 N–H and O–H groups in total. The van der Waals surface area contributed by atoms with Crippen molar-refractivity contribution in [2.75, 3.05) is 13.6 Å². The molecule has 36 heavy (non-hydrogen) atoms. The zero-order valence-corrected chi connectivity index (χ0v) is 20.4. The van der Waals surface area contributed by atoms with Crippen molar-refractivity contribution in [2.45, 2.75) is 81.3 Å². The number of ether oxygens (including phenoxy) is 3. The first-order valence-electron chi connectivity index (χ1n) is 12.3. The highest BCUT2D eigenvalue weighted by Crippen LogP contribution is 2.64. The summed E-state index contributed by atoms with van der Waals surface area (Å²) in [6.07, 6.45) is 0.714. The Morgan fingerprint density at radius 2 is 2.00 bits per heavy atom. The fourth-order valence-electron chi connectivity index (χ4n) is 6.54. The Bertz CT molecular complexity index is 1150. The number of likely N-dealkylation sites (tertiary alicyclic amines) is 1. The number of likely N-dealkylation sites (N-methyl/N-ethyl adjacent to an activating group) is 1. The summed E-state index contributed by atoms with van der Waals surface area (Å²) in [6, 6.07) is 3.68. The van der Waals surface area contributed by atoms with Gasteiger partial charge >= 0.3 is 17.9 Å². The van der Waals surface area contributed by atoms with Gasteiger partial charge in [0.05, 0.1) is 30.5 Å². The molecule has 5 rings (SSSR count). The van der Waals surface area contributed by atoms with Gasteiger partial charge in [-0.1, -0.05) is 19.1 Å². The number of benzene rings is 1. The maximum absolute atomic E-state index is 12.7. The van der Waals surface area contributed by atoms with Gasteiger partial charge in [-0.15, -0.1) is 0 Å². The first kappa shape index (κ1) is 24.7. The molecule has 1 spiro atoms. The quantitative estimate of drug-likeness (QED) is 0.445. The lowest BCUT2D eigenvalue weighted by Gasteiger charge is -2.61. The summed E-state index contributed by atoms with van der Waals surface area (Å²) in [6.45, 7) is 2.09. The largest absolute Gasteiger partial charge is 0.481 e. The summed E-state index contributed by atoms with van der Waals surface area (Å²) in [5.74, 6) is -1.87. The van der Waals surface area contributed by atoms with Crippen molar-refractivity contribution in [3.63, 3.8) is 0 Å². The summed E-state index contributed by atoms with van der Waals surface area (Å²) in [4.78, 5) is 38.0. The smallest absolute Gasteiger partial charge is 0.345 e. The van der Waals surface area contributed by atoms with E-state index in [1.165, 1.54) is 0 Å². The van der Waals surface area contributed by atoms with E-state index in [4.69, 9.17) is 19.3 Å². The van der Waals surface area contributed by atoms with E-state index < -0.39 is 41.1 Å². The van der Waals surface area contributed by atoms with Gasteiger partial charge in [0.1, 0.15) is 11.5 Å². The highest BCUT2D eigenvalue weighted by atomic mass is 16.6. The molecule has 1 fully saturated rings. The van der Waals surface area contributed by atoms with Crippen molar-refractivity contribution in [1.29, 1.82) is 0 Å². The van der Waals surface area contributed by atoms with E-state index >= 15 is 0 Å². The Morgan fingerprint density at radius 1 is 1.25 bits per heavy atom. The number of esters is 2. The standard InChI is InChI=1S/C26H31NO9/c1-3-16(24(31)32)34-19(29)6-7-20(30)35-17-8-9-26(33)18-12-14-4-5-15(13-28)22-21(14)25(26,23(17)36-22)10-11-27(18)2/h4-5,8,16,18,23,28,33H,3,6-7,9-13H2,1-2H3,(H,31,32)/t16-,18+,23?,25?,26+/m0/s1. The van der Waals surface area contributed by atoms with E-state index in [9.17, 15) is 24.6 Å². The first-order valence-corrected chi connectivity index (χ1v) is 12.3. The van der Waals surface area contributed by atoms with Crippen LogP contribution in [0.2, 0.25) is 0 Å². The SMILES string of the molecule is CC[C@H](OC(=O)CCC(=O)OC1=CC[C@@]2(O)[C@H]3Cc4ccc(CO)c5c4C2(CCN3C)C1O5)C(=O)O. The third kappa shape index (κ3) is 3.46. The highest BCUT2D eigenvalue weighted by molar-refractivity contribution is 5.81. The van der Waals surface area contributed by atoms with Gasteiger partial charge in [-0.05, 0) is 44.5 Å². The van der Waals surface area contributed by atoms with Crippen LogP contribution < -0.4 is 4.74 Å². The second-order valence-corrected chi connectivity index (χ2v) is 10.1. The number of nitrogens with zero attached hydrogens (tertiary/aromatic N) is 1. The topological polar surface area (TPSA) is 143 Å². The van der Waals surface area contributed by atoms with Crippen molar-refractivity contribution in [1.82, 2.24) is 4.90 Å². The average Bonchev–Trinajstić information content (AvgIpc) is 3.20. The van der Waals surface area contributed by atoms with E-state index in [-0.39, 0.29) is 44.1 Å². The van der Waals surface area contributed by atoms with E-state index in [1.54, 1.807) is 13.0 Å². The fraction of sp³-hybridized carbons (Fsp3) is 0.577. The monoisotopic (exact) mass is 501 g/mol. The number of carbonyl (C=O) groups excluding carboxylic acids is 2. The summed E-state index contributed by atoms with van der Waals surface area (Å²) in [5, 5.41) is 31.1. The predicted octanol–water partition coefficient (Wildman–Crippen LogP) is 1.19. The van der Waals surface area contributed by atoms with E-state index in [0.717, 1.165) is 17.7 Å². The van der Waals surface area contributed by atoms with Gasteiger partial charge in [0.15, 0.2) is 12.2 Å². The maximum atomic E-state index is 12.7. The van der Waals surface area contributed by atoms with Gasteiger partial charge in [-0.2, -0.15) is 0 Å². The molecule has 2 bridgehead atoms. The molecular formula is C26H31NO9. The number of aliphatic hydroxyl groups is 2. The number of aliphatic hydroxyl groups excluding tert-OH is 1. The molecule has 2 unspecified atom stereocenters. The normalized spacial score (nSPS) is 30.5.